The van der Waals surface area contributed by atoms with Crippen molar-refractivity contribution in [3.63, 3.8) is 0 Å². The molecule has 3 atom stereocenters. The summed E-state index contributed by atoms with van der Waals surface area (Å²) >= 11 is 0. The van der Waals surface area contributed by atoms with Crippen LogP contribution in [0.3, 0.4) is 0 Å². The minimum atomic E-state index is 0.791. The van der Waals surface area contributed by atoms with Crippen LogP contribution in [0, 0.1) is 0 Å². The lowest BCUT2D eigenvalue weighted by Gasteiger charge is -2.50. The van der Waals surface area contributed by atoms with Gasteiger partial charge in [-0.2, -0.15) is 0 Å². The van der Waals surface area contributed by atoms with Gasteiger partial charge in [-0.25, -0.2) is 0 Å². The molecule has 0 spiro atoms. The Kier molecular flexibility index (Phi) is 5.50. The van der Waals surface area contributed by atoms with Crippen LogP contribution >= 0.6 is 0 Å². The number of fused-ring (bicyclic) bond motifs is 1. The van der Waals surface area contributed by atoms with Crippen LogP contribution in [0.25, 0.3) is 0 Å². The van der Waals surface area contributed by atoms with Crippen LogP contribution in [0.4, 0.5) is 0 Å². The Labute approximate surface area is 114 Å². The summed E-state index contributed by atoms with van der Waals surface area (Å²) in [6, 6.07) is 2.47. The molecule has 2 aliphatic rings. The van der Waals surface area contributed by atoms with Crippen LogP contribution in [0.2, 0.25) is 0 Å². The maximum absolute atomic E-state index is 2.84. The van der Waals surface area contributed by atoms with Crippen molar-refractivity contribution in [3.05, 3.63) is 0 Å². The van der Waals surface area contributed by atoms with Gasteiger partial charge in [0.25, 0.3) is 0 Å². The topological polar surface area (TPSA) is 6.48 Å². The van der Waals surface area contributed by atoms with Gasteiger partial charge in [0.05, 0.1) is 0 Å². The average Bonchev–Trinajstić information content (AvgIpc) is 2.43. The number of piperidine rings is 1. The Morgan fingerprint density at radius 3 is 2.72 bits per heavy atom. The third kappa shape index (κ3) is 3.27. The van der Waals surface area contributed by atoms with Crippen molar-refractivity contribution in [1.29, 1.82) is 0 Å². The molecule has 0 aliphatic carbocycles. The van der Waals surface area contributed by atoms with Crippen molar-refractivity contribution in [1.82, 2.24) is 9.80 Å². The molecular weight excluding hydrogens is 220 g/mol. The van der Waals surface area contributed by atoms with Gasteiger partial charge in [-0.3, -0.25) is 9.80 Å². The molecule has 3 unspecified atom stereocenters. The van der Waals surface area contributed by atoms with Crippen molar-refractivity contribution in [2.75, 3.05) is 19.6 Å². The van der Waals surface area contributed by atoms with Crippen LogP contribution in [-0.4, -0.2) is 47.6 Å². The maximum atomic E-state index is 2.84. The number of piperazine rings is 1. The van der Waals surface area contributed by atoms with E-state index < -0.39 is 0 Å². The van der Waals surface area contributed by atoms with Crippen LogP contribution < -0.4 is 0 Å². The van der Waals surface area contributed by atoms with Gasteiger partial charge in [-0.1, -0.05) is 33.1 Å². The van der Waals surface area contributed by atoms with Gasteiger partial charge in [0, 0.05) is 31.2 Å². The molecular formula is C16H32N2. The summed E-state index contributed by atoms with van der Waals surface area (Å²) in [5, 5.41) is 0. The van der Waals surface area contributed by atoms with E-state index in [1.165, 1.54) is 64.6 Å². The molecule has 2 heterocycles. The largest absolute Gasteiger partial charge is 0.298 e. The van der Waals surface area contributed by atoms with E-state index in [1.54, 1.807) is 0 Å². The number of unbranched alkanes of at least 4 members (excludes halogenated alkanes) is 1. The highest BCUT2D eigenvalue weighted by Crippen LogP contribution is 2.27. The lowest BCUT2D eigenvalue weighted by Crippen LogP contribution is -2.61. The van der Waals surface area contributed by atoms with E-state index >= 15 is 0 Å². The lowest BCUT2D eigenvalue weighted by molar-refractivity contribution is -0.0137. The van der Waals surface area contributed by atoms with Gasteiger partial charge < -0.3 is 0 Å². The van der Waals surface area contributed by atoms with E-state index in [0.29, 0.717) is 0 Å². The molecule has 2 saturated heterocycles. The molecule has 2 aliphatic heterocycles. The predicted molar refractivity (Wildman–Crippen MR) is 79.0 cm³/mol. The number of rotatable bonds is 5. The molecule has 0 aromatic carbocycles. The van der Waals surface area contributed by atoms with Crippen LogP contribution in [0.5, 0.6) is 0 Å². The fraction of sp³-hybridized carbons (Fsp3) is 1.00. The standard InChI is InChI=1S/C16H32N2/c1-4-6-9-14(3)18-13-16-10-7-8-11-17(16)12-15(18)5-2/h14-16H,4-13H2,1-3H3. The zero-order valence-electron chi connectivity index (χ0n) is 12.7. The second kappa shape index (κ2) is 6.91. The SMILES string of the molecule is CCCCC(C)N1CC2CCCCN2CC1CC. The van der Waals surface area contributed by atoms with E-state index in [4.69, 9.17) is 0 Å². The molecule has 2 heteroatoms. The molecule has 2 fully saturated rings. The van der Waals surface area contributed by atoms with Gasteiger partial charge in [-0.05, 0) is 39.2 Å². The molecule has 2 rings (SSSR count). The van der Waals surface area contributed by atoms with Gasteiger partial charge in [0.1, 0.15) is 0 Å². The highest BCUT2D eigenvalue weighted by molar-refractivity contribution is 4.92. The summed E-state index contributed by atoms with van der Waals surface area (Å²) in [4.78, 5) is 5.61. The summed E-state index contributed by atoms with van der Waals surface area (Å²) in [5.74, 6) is 0. The maximum Gasteiger partial charge on any atom is 0.0224 e. The van der Waals surface area contributed by atoms with Crippen molar-refractivity contribution >= 4 is 0 Å². The normalized spacial score (nSPS) is 32.2. The first-order valence-electron chi connectivity index (χ1n) is 8.26. The monoisotopic (exact) mass is 252 g/mol. The van der Waals surface area contributed by atoms with Gasteiger partial charge in [-0.15, -0.1) is 0 Å². The third-order valence-electron chi connectivity index (χ3n) is 5.10. The Hall–Kier alpha value is -0.0800. The summed E-state index contributed by atoms with van der Waals surface area (Å²) < 4.78 is 0. The quantitative estimate of drug-likeness (QED) is 0.739. The summed E-state index contributed by atoms with van der Waals surface area (Å²) in [6.45, 7) is 11.2. The van der Waals surface area contributed by atoms with Crippen molar-refractivity contribution < 1.29 is 0 Å². The highest BCUT2D eigenvalue weighted by Gasteiger charge is 2.35. The smallest absolute Gasteiger partial charge is 0.0224 e. The van der Waals surface area contributed by atoms with Crippen molar-refractivity contribution in [3.8, 4) is 0 Å². The number of hydrogen-bond donors (Lipinski definition) is 0. The first-order chi connectivity index (χ1) is 8.76. The predicted octanol–water partition coefficient (Wildman–Crippen LogP) is 3.51. The van der Waals surface area contributed by atoms with Gasteiger partial charge >= 0.3 is 0 Å². The van der Waals surface area contributed by atoms with E-state index in [1.807, 2.05) is 0 Å². The minimum absolute atomic E-state index is 0.791. The number of hydrogen-bond acceptors (Lipinski definition) is 2. The summed E-state index contributed by atoms with van der Waals surface area (Å²) in [6.07, 6.45) is 9.76. The van der Waals surface area contributed by atoms with Crippen LogP contribution in [0.1, 0.15) is 65.7 Å². The van der Waals surface area contributed by atoms with E-state index in [9.17, 15) is 0 Å². The van der Waals surface area contributed by atoms with Gasteiger partial charge in [0.15, 0.2) is 0 Å². The van der Waals surface area contributed by atoms with Crippen molar-refractivity contribution in [2.45, 2.75) is 83.8 Å². The first kappa shape index (κ1) is 14.3. The molecule has 18 heavy (non-hydrogen) atoms. The summed E-state index contributed by atoms with van der Waals surface area (Å²) in [5.41, 5.74) is 0. The molecule has 0 aromatic heterocycles. The average molecular weight is 252 g/mol. The molecule has 0 bridgehead atoms. The fourth-order valence-corrected chi connectivity index (χ4v) is 3.84. The molecule has 0 amide bonds. The Morgan fingerprint density at radius 1 is 1.17 bits per heavy atom. The zero-order chi connectivity index (χ0) is 13.0. The van der Waals surface area contributed by atoms with Crippen LogP contribution in [0.15, 0.2) is 0 Å². The molecule has 0 N–H and O–H groups in total. The molecule has 0 radical (unpaired) electrons. The Balaban J connectivity index is 1.94. The first-order valence-corrected chi connectivity index (χ1v) is 8.26. The molecule has 0 aromatic rings. The van der Waals surface area contributed by atoms with E-state index in [0.717, 1.165) is 18.1 Å². The molecule has 0 saturated carbocycles. The second-order valence-electron chi connectivity index (χ2n) is 6.39. The van der Waals surface area contributed by atoms with E-state index in [2.05, 4.69) is 30.6 Å². The third-order valence-corrected chi connectivity index (χ3v) is 5.10. The van der Waals surface area contributed by atoms with Crippen LogP contribution in [-0.2, 0) is 0 Å². The lowest BCUT2D eigenvalue weighted by atomic mass is 9.94. The van der Waals surface area contributed by atoms with E-state index in [-0.39, 0.29) is 0 Å². The zero-order valence-corrected chi connectivity index (χ0v) is 12.7. The highest BCUT2D eigenvalue weighted by atomic mass is 15.3. The molecule has 2 nitrogen and oxygen atoms in total. The Bertz CT molecular complexity index is 241. The van der Waals surface area contributed by atoms with Gasteiger partial charge in [0.2, 0.25) is 0 Å². The van der Waals surface area contributed by atoms with Crippen molar-refractivity contribution in [2.24, 2.45) is 0 Å². The fourth-order valence-electron chi connectivity index (χ4n) is 3.84. The molecule has 106 valence electrons. The Morgan fingerprint density at radius 2 is 2.00 bits per heavy atom. The minimum Gasteiger partial charge on any atom is -0.298 e. The number of nitrogens with zero attached hydrogens (tertiary/aromatic N) is 2. The second-order valence-corrected chi connectivity index (χ2v) is 6.39. The summed E-state index contributed by atoms with van der Waals surface area (Å²) in [7, 11) is 0.